The van der Waals surface area contributed by atoms with Gasteiger partial charge in [0.25, 0.3) is 0 Å². The van der Waals surface area contributed by atoms with E-state index in [1.807, 2.05) is 42.5 Å². The minimum Gasteiger partial charge on any atom is -0.482 e. The summed E-state index contributed by atoms with van der Waals surface area (Å²) < 4.78 is 11.8. The number of carbonyl (C=O) groups is 1. The maximum atomic E-state index is 12.6. The van der Waals surface area contributed by atoms with E-state index in [2.05, 4.69) is 19.1 Å². The molecule has 0 amide bonds. The highest BCUT2D eigenvalue weighted by Gasteiger charge is 2.57. The highest BCUT2D eigenvalue weighted by Crippen LogP contribution is 2.59. The van der Waals surface area contributed by atoms with Crippen molar-refractivity contribution in [3.05, 3.63) is 54.6 Å². The number of carbonyl (C=O) groups excluding carboxylic acids is 1. The maximum absolute atomic E-state index is 12.6. The molecule has 0 saturated heterocycles. The second-order valence-corrected chi connectivity index (χ2v) is 10.3. The average molecular weight is 409 g/mol. The Kier molecular flexibility index (Phi) is 5.07. The molecule has 4 aliphatic carbocycles. The molecule has 0 radical (unpaired) electrons. The summed E-state index contributed by atoms with van der Waals surface area (Å²) in [7, 11) is 0. The summed E-state index contributed by atoms with van der Waals surface area (Å²) >= 11 is 1.71. The third kappa shape index (κ3) is 3.92. The Balaban J connectivity index is 1.15. The fourth-order valence-electron chi connectivity index (χ4n) is 5.93. The molecule has 0 aliphatic heterocycles. The third-order valence-electron chi connectivity index (χ3n) is 7.25. The van der Waals surface area contributed by atoms with E-state index < -0.39 is 0 Å². The lowest BCUT2D eigenvalue weighted by Gasteiger charge is -2.59. The Morgan fingerprint density at radius 3 is 2.10 bits per heavy atom. The van der Waals surface area contributed by atoms with Gasteiger partial charge in [-0.3, -0.25) is 0 Å². The van der Waals surface area contributed by atoms with Gasteiger partial charge in [0.2, 0.25) is 0 Å². The van der Waals surface area contributed by atoms with Crippen LogP contribution in [0.25, 0.3) is 0 Å². The Bertz CT molecular complexity index is 833. The van der Waals surface area contributed by atoms with Crippen LogP contribution in [-0.2, 0) is 9.53 Å². The van der Waals surface area contributed by atoms with Gasteiger partial charge in [-0.1, -0.05) is 30.0 Å². The number of hydrogen-bond acceptors (Lipinski definition) is 4. The van der Waals surface area contributed by atoms with E-state index in [4.69, 9.17) is 9.47 Å². The molecule has 0 spiro atoms. The summed E-state index contributed by atoms with van der Waals surface area (Å²) in [6.07, 6.45) is 6.34. The smallest absolute Gasteiger partial charge is 0.344 e. The van der Waals surface area contributed by atoms with Gasteiger partial charge in [0.15, 0.2) is 6.61 Å². The Morgan fingerprint density at radius 1 is 0.897 bits per heavy atom. The standard InChI is InChI=1S/C25H28O3S/c1-25(19-12-17-11-18(14-19)15-20(25)13-17)28-24(26)16-27-21-7-9-23(10-8-21)29-22-5-3-2-4-6-22/h2-10,17-20H,11-16H2,1H3. The fraction of sp³-hybridized carbons (Fsp3) is 0.480. The van der Waals surface area contributed by atoms with Gasteiger partial charge in [-0.05, 0) is 99.1 Å². The van der Waals surface area contributed by atoms with Gasteiger partial charge in [-0.2, -0.15) is 0 Å². The van der Waals surface area contributed by atoms with Crippen molar-refractivity contribution in [3.63, 3.8) is 0 Å². The van der Waals surface area contributed by atoms with Crippen LogP contribution >= 0.6 is 11.8 Å². The first-order valence-corrected chi connectivity index (χ1v) is 11.6. The van der Waals surface area contributed by atoms with Crippen LogP contribution in [-0.4, -0.2) is 18.2 Å². The number of rotatable bonds is 6. The molecule has 4 bridgehead atoms. The van der Waals surface area contributed by atoms with Crippen molar-refractivity contribution in [1.29, 1.82) is 0 Å². The van der Waals surface area contributed by atoms with Crippen LogP contribution in [0.1, 0.15) is 39.0 Å². The first kappa shape index (κ1) is 19.0. The van der Waals surface area contributed by atoms with E-state index in [1.165, 1.54) is 37.0 Å². The van der Waals surface area contributed by atoms with Crippen molar-refractivity contribution >= 4 is 17.7 Å². The van der Waals surface area contributed by atoms with Gasteiger partial charge in [-0.25, -0.2) is 4.79 Å². The van der Waals surface area contributed by atoms with Gasteiger partial charge in [0.1, 0.15) is 11.4 Å². The van der Waals surface area contributed by atoms with Crippen LogP contribution in [0.2, 0.25) is 0 Å². The van der Waals surface area contributed by atoms with Crippen molar-refractivity contribution in [2.45, 2.75) is 54.4 Å². The minimum absolute atomic E-state index is 0.0208. The molecular weight excluding hydrogens is 380 g/mol. The van der Waals surface area contributed by atoms with E-state index >= 15 is 0 Å². The molecular formula is C25H28O3S. The lowest BCUT2D eigenvalue weighted by molar-refractivity contribution is -0.204. The summed E-state index contributed by atoms with van der Waals surface area (Å²) in [5.41, 5.74) is -0.288. The molecule has 4 fully saturated rings. The summed E-state index contributed by atoms with van der Waals surface area (Å²) in [5, 5.41) is 0. The van der Waals surface area contributed by atoms with Crippen LogP contribution in [0.15, 0.2) is 64.4 Å². The molecule has 3 nitrogen and oxygen atoms in total. The quantitative estimate of drug-likeness (QED) is 0.551. The molecule has 6 rings (SSSR count). The molecule has 0 atom stereocenters. The molecule has 2 aromatic carbocycles. The molecule has 29 heavy (non-hydrogen) atoms. The number of benzene rings is 2. The van der Waals surface area contributed by atoms with Crippen LogP contribution in [0.5, 0.6) is 5.75 Å². The Morgan fingerprint density at radius 2 is 1.48 bits per heavy atom. The molecule has 152 valence electrons. The van der Waals surface area contributed by atoms with Gasteiger partial charge in [-0.15, -0.1) is 0 Å². The summed E-state index contributed by atoms with van der Waals surface area (Å²) in [6.45, 7) is 2.15. The predicted octanol–water partition coefficient (Wildman–Crippen LogP) is 5.97. The third-order valence-corrected chi connectivity index (χ3v) is 8.27. The second kappa shape index (κ2) is 7.71. The van der Waals surface area contributed by atoms with Crippen LogP contribution in [0.3, 0.4) is 0 Å². The lowest BCUT2D eigenvalue weighted by atomic mass is 9.50. The highest BCUT2D eigenvalue weighted by atomic mass is 32.2. The van der Waals surface area contributed by atoms with Crippen LogP contribution < -0.4 is 4.74 Å². The first-order valence-electron chi connectivity index (χ1n) is 10.8. The summed E-state index contributed by atoms with van der Waals surface area (Å²) in [5.74, 6) is 3.28. The van der Waals surface area contributed by atoms with Crippen LogP contribution in [0, 0.1) is 23.7 Å². The molecule has 4 aliphatic rings. The van der Waals surface area contributed by atoms with E-state index in [9.17, 15) is 4.79 Å². The Hall–Kier alpha value is -1.94. The normalized spacial score (nSPS) is 32.2. The summed E-state index contributed by atoms with van der Waals surface area (Å²) in [4.78, 5) is 14.9. The van der Waals surface area contributed by atoms with Crippen molar-refractivity contribution < 1.29 is 14.3 Å². The highest BCUT2D eigenvalue weighted by molar-refractivity contribution is 7.99. The topological polar surface area (TPSA) is 35.5 Å². The number of esters is 1. The zero-order valence-corrected chi connectivity index (χ0v) is 17.7. The van der Waals surface area contributed by atoms with E-state index in [-0.39, 0.29) is 18.2 Å². The zero-order chi connectivity index (χ0) is 19.8. The summed E-state index contributed by atoms with van der Waals surface area (Å²) in [6, 6.07) is 18.2. The van der Waals surface area contributed by atoms with Crippen molar-refractivity contribution in [3.8, 4) is 5.75 Å². The van der Waals surface area contributed by atoms with Crippen LogP contribution in [0.4, 0.5) is 0 Å². The zero-order valence-electron chi connectivity index (χ0n) is 16.9. The van der Waals surface area contributed by atoms with Gasteiger partial charge in [0, 0.05) is 9.79 Å². The maximum Gasteiger partial charge on any atom is 0.344 e. The van der Waals surface area contributed by atoms with Crippen molar-refractivity contribution in [1.82, 2.24) is 0 Å². The molecule has 0 aromatic heterocycles. The molecule has 2 aromatic rings. The molecule has 4 heteroatoms. The first-order chi connectivity index (χ1) is 14.1. The molecule has 0 heterocycles. The molecule has 0 N–H and O–H groups in total. The van der Waals surface area contributed by atoms with Gasteiger partial charge in [0.05, 0.1) is 0 Å². The van der Waals surface area contributed by atoms with Crippen molar-refractivity contribution in [2.75, 3.05) is 6.61 Å². The largest absolute Gasteiger partial charge is 0.482 e. The monoisotopic (exact) mass is 408 g/mol. The minimum atomic E-state index is -0.288. The van der Waals surface area contributed by atoms with Crippen molar-refractivity contribution in [2.24, 2.45) is 23.7 Å². The number of hydrogen-bond donors (Lipinski definition) is 0. The lowest BCUT2D eigenvalue weighted by Crippen LogP contribution is -2.58. The molecule has 0 unspecified atom stereocenters. The predicted molar refractivity (Wildman–Crippen MR) is 114 cm³/mol. The van der Waals surface area contributed by atoms with Gasteiger partial charge < -0.3 is 9.47 Å². The Labute approximate surface area is 177 Å². The van der Waals surface area contributed by atoms with Gasteiger partial charge >= 0.3 is 5.97 Å². The van der Waals surface area contributed by atoms with E-state index in [1.54, 1.807) is 11.8 Å². The second-order valence-electron chi connectivity index (χ2n) is 9.14. The van der Waals surface area contributed by atoms with E-state index in [0.29, 0.717) is 17.6 Å². The average Bonchev–Trinajstić information content (AvgIpc) is 2.72. The number of ether oxygens (including phenoxy) is 2. The fourth-order valence-corrected chi connectivity index (χ4v) is 6.77. The van der Waals surface area contributed by atoms with E-state index in [0.717, 1.165) is 16.7 Å². The SMILES string of the molecule is CC1(OC(=O)COc2ccc(Sc3ccccc3)cc2)C2CC3CC(C2)CC1C3. The molecule has 4 saturated carbocycles.